The molecule has 0 spiro atoms. The number of rotatable bonds is 5. The first kappa shape index (κ1) is 19.0. The molecule has 0 aliphatic heterocycles. The smallest absolute Gasteiger partial charge is 0.384 e. The summed E-state index contributed by atoms with van der Waals surface area (Å²) in [6.07, 6.45) is -4.10. The van der Waals surface area contributed by atoms with Crippen molar-refractivity contribution in [3.8, 4) is 0 Å². The lowest BCUT2D eigenvalue weighted by Gasteiger charge is -2.15. The van der Waals surface area contributed by atoms with Crippen LogP contribution >= 0.6 is 0 Å². The average Bonchev–Trinajstić information content (AvgIpc) is 2.47. The van der Waals surface area contributed by atoms with Gasteiger partial charge in [-0.1, -0.05) is 0 Å². The normalized spacial score (nSPS) is 12.5. The number of H-pyrrole nitrogens is 1. The van der Waals surface area contributed by atoms with Gasteiger partial charge in [0.1, 0.15) is 0 Å². The number of benzene rings is 1. The van der Waals surface area contributed by atoms with Crippen molar-refractivity contribution in [3.05, 3.63) is 44.1 Å². The summed E-state index contributed by atoms with van der Waals surface area (Å²) in [6, 6.07) is 1.61. The molecule has 12 heteroatoms. The highest BCUT2D eigenvalue weighted by Crippen LogP contribution is 2.33. The van der Waals surface area contributed by atoms with Crippen LogP contribution in [0.2, 0.25) is 0 Å². The molecule has 0 unspecified atom stereocenters. The van der Waals surface area contributed by atoms with E-state index in [1.165, 1.54) is 7.11 Å². The lowest BCUT2D eigenvalue weighted by molar-refractivity contribution is -0.138. The van der Waals surface area contributed by atoms with E-state index in [1.807, 2.05) is 0 Å². The molecule has 0 bridgehead atoms. The second-order valence-electron chi connectivity index (χ2n) is 5.23. The molecule has 25 heavy (non-hydrogen) atoms. The van der Waals surface area contributed by atoms with Gasteiger partial charge >= 0.3 is 11.9 Å². The molecule has 0 aliphatic carbocycles. The van der Waals surface area contributed by atoms with Gasteiger partial charge in [0.15, 0.2) is 0 Å². The van der Waals surface area contributed by atoms with Crippen molar-refractivity contribution in [1.29, 1.82) is 0 Å². The maximum atomic E-state index is 13.2. The van der Waals surface area contributed by atoms with E-state index in [0.717, 1.165) is 12.3 Å². The third kappa shape index (κ3) is 4.20. The molecule has 1 aromatic carbocycles. The molecule has 8 nitrogen and oxygen atoms in total. The van der Waals surface area contributed by atoms with Crippen molar-refractivity contribution in [2.45, 2.75) is 12.6 Å². The first-order valence-electron chi connectivity index (χ1n) is 6.80. The van der Waals surface area contributed by atoms with Crippen molar-refractivity contribution in [1.82, 2.24) is 9.66 Å². The largest absolute Gasteiger partial charge is 0.416 e. The summed E-state index contributed by atoms with van der Waals surface area (Å²) >= 11 is 0. The van der Waals surface area contributed by atoms with Gasteiger partial charge in [-0.2, -0.15) is 17.8 Å². The van der Waals surface area contributed by atoms with E-state index in [0.29, 0.717) is 6.07 Å². The quantitative estimate of drug-likeness (QED) is 0.779. The molecule has 0 fully saturated rings. The monoisotopic (exact) mass is 381 g/mol. The molecule has 1 heterocycles. The molecule has 0 aliphatic rings. The number of hydrogen-bond acceptors (Lipinski definition) is 5. The maximum absolute atomic E-state index is 13.2. The summed E-state index contributed by atoms with van der Waals surface area (Å²) < 4.78 is 67.0. The Hall–Kier alpha value is -2.34. The first-order chi connectivity index (χ1) is 11.4. The van der Waals surface area contributed by atoms with Gasteiger partial charge in [-0.15, -0.1) is 0 Å². The Bertz CT molecular complexity index is 1020. The third-order valence-corrected chi connectivity index (χ3v) is 3.77. The van der Waals surface area contributed by atoms with Crippen LogP contribution in [0.15, 0.2) is 21.7 Å². The van der Waals surface area contributed by atoms with Crippen LogP contribution in [0.4, 0.5) is 13.2 Å². The van der Waals surface area contributed by atoms with E-state index in [4.69, 9.17) is 4.74 Å². The van der Waals surface area contributed by atoms with Crippen LogP contribution in [0.3, 0.4) is 0 Å². The third-order valence-electron chi connectivity index (χ3n) is 3.26. The Morgan fingerprint density at radius 3 is 2.44 bits per heavy atom. The summed E-state index contributed by atoms with van der Waals surface area (Å²) in [5.41, 5.74) is -3.87. The molecule has 0 radical (unpaired) electrons. The van der Waals surface area contributed by atoms with Crippen molar-refractivity contribution in [2.75, 3.05) is 24.8 Å². The number of aromatic amines is 1. The molecule has 0 saturated heterocycles. The van der Waals surface area contributed by atoms with Gasteiger partial charge < -0.3 is 9.72 Å². The highest BCUT2D eigenvalue weighted by molar-refractivity contribution is 7.91. The van der Waals surface area contributed by atoms with E-state index >= 15 is 0 Å². The molecule has 1 aromatic heterocycles. The number of sulfonamides is 1. The predicted molar refractivity (Wildman–Crippen MR) is 83.6 cm³/mol. The van der Waals surface area contributed by atoms with Crippen LogP contribution < -0.4 is 16.1 Å². The Labute approximate surface area is 139 Å². The molecule has 2 rings (SSSR count). The van der Waals surface area contributed by atoms with Crippen LogP contribution in [-0.4, -0.2) is 38.1 Å². The molecular weight excluding hydrogens is 367 g/mol. The Morgan fingerprint density at radius 1 is 1.28 bits per heavy atom. The number of methoxy groups -OCH3 is 1. The first-order valence-corrected chi connectivity index (χ1v) is 8.69. The Balaban J connectivity index is 2.80. The molecule has 0 atom stereocenters. The number of aromatic nitrogens is 2. The number of nitrogens with one attached hydrogen (secondary N) is 2. The number of nitrogens with zero attached hydrogens (tertiary/aromatic N) is 1. The molecular formula is C13H14F3N3O5S. The SMILES string of the molecule is COCCc1cc2c(=O)n(NS(C)(=O)=O)c(=O)[nH]c2cc1C(F)(F)F. The van der Waals surface area contributed by atoms with Crippen molar-refractivity contribution in [2.24, 2.45) is 0 Å². The number of ether oxygens (including phenoxy) is 1. The fourth-order valence-electron chi connectivity index (χ4n) is 2.24. The van der Waals surface area contributed by atoms with Crippen LogP contribution in [0.25, 0.3) is 10.9 Å². The fraction of sp³-hybridized carbons (Fsp3) is 0.385. The van der Waals surface area contributed by atoms with Gasteiger partial charge in [-0.3, -0.25) is 4.79 Å². The zero-order valence-electron chi connectivity index (χ0n) is 13.1. The van der Waals surface area contributed by atoms with E-state index in [9.17, 15) is 31.2 Å². The topological polar surface area (TPSA) is 110 Å². The van der Waals surface area contributed by atoms with Gasteiger partial charge in [0.05, 0.1) is 29.3 Å². The van der Waals surface area contributed by atoms with Crippen LogP contribution in [0, 0.1) is 0 Å². The fourth-order valence-corrected chi connectivity index (χ4v) is 2.74. The van der Waals surface area contributed by atoms with Crippen LogP contribution in [0.1, 0.15) is 11.1 Å². The highest BCUT2D eigenvalue weighted by atomic mass is 32.2. The van der Waals surface area contributed by atoms with Crippen molar-refractivity contribution in [3.63, 3.8) is 0 Å². The summed E-state index contributed by atoms with van der Waals surface area (Å²) in [5, 5.41) is -0.269. The van der Waals surface area contributed by atoms with E-state index in [-0.39, 0.29) is 34.2 Å². The van der Waals surface area contributed by atoms with E-state index < -0.39 is 33.0 Å². The Morgan fingerprint density at radius 2 is 1.92 bits per heavy atom. The zero-order valence-corrected chi connectivity index (χ0v) is 13.9. The van der Waals surface area contributed by atoms with Gasteiger partial charge in [0.25, 0.3) is 5.56 Å². The molecule has 2 N–H and O–H groups in total. The van der Waals surface area contributed by atoms with Crippen molar-refractivity contribution >= 4 is 20.9 Å². The minimum absolute atomic E-state index is 0.0201. The van der Waals surface area contributed by atoms with Gasteiger partial charge in [0.2, 0.25) is 10.0 Å². The minimum Gasteiger partial charge on any atom is -0.384 e. The summed E-state index contributed by atoms with van der Waals surface area (Å²) in [4.78, 5) is 27.9. The molecule has 0 saturated carbocycles. The van der Waals surface area contributed by atoms with Gasteiger partial charge in [0, 0.05) is 7.11 Å². The second kappa shape index (κ2) is 6.52. The van der Waals surface area contributed by atoms with Gasteiger partial charge in [-0.05, 0) is 24.1 Å². The molecule has 0 amide bonds. The summed E-state index contributed by atoms with van der Waals surface area (Å²) in [5.74, 6) is 0. The second-order valence-corrected chi connectivity index (χ2v) is 6.96. The molecule has 2 aromatic rings. The highest BCUT2D eigenvalue weighted by Gasteiger charge is 2.34. The minimum atomic E-state index is -4.70. The Kier molecular flexibility index (Phi) is 4.95. The molecule has 138 valence electrons. The summed E-state index contributed by atoms with van der Waals surface area (Å²) in [6.45, 7) is -0.0201. The lowest BCUT2D eigenvalue weighted by atomic mass is 10.0. The standard InChI is InChI=1S/C13H14F3N3O5S/c1-24-4-3-7-5-8-10(6-9(7)13(14,15)16)17-12(21)19(11(8)20)18-25(2,22)23/h5-6,18H,3-4H2,1-2H3,(H,17,21). The summed E-state index contributed by atoms with van der Waals surface area (Å²) in [7, 11) is -2.64. The number of halogens is 3. The van der Waals surface area contributed by atoms with E-state index in [2.05, 4.69) is 4.98 Å². The zero-order chi connectivity index (χ0) is 19.0. The van der Waals surface area contributed by atoms with Crippen LogP contribution in [0.5, 0.6) is 0 Å². The van der Waals surface area contributed by atoms with Gasteiger partial charge in [-0.25, -0.2) is 18.0 Å². The number of hydrogen-bond donors (Lipinski definition) is 2. The lowest BCUT2D eigenvalue weighted by Crippen LogP contribution is -2.43. The predicted octanol–water partition coefficient (Wildman–Crippen LogP) is 0.401. The maximum Gasteiger partial charge on any atom is 0.416 e. The van der Waals surface area contributed by atoms with E-state index in [1.54, 1.807) is 4.83 Å². The van der Waals surface area contributed by atoms with Crippen molar-refractivity contribution < 1.29 is 26.3 Å². The van der Waals surface area contributed by atoms with Crippen LogP contribution in [-0.2, 0) is 27.4 Å². The number of alkyl halides is 3. The number of fused-ring (bicyclic) bond motifs is 1. The average molecular weight is 381 g/mol.